The summed E-state index contributed by atoms with van der Waals surface area (Å²) in [4.78, 5) is 20.3. The summed E-state index contributed by atoms with van der Waals surface area (Å²) < 4.78 is 36.0. The molecule has 3 atom stereocenters. The van der Waals surface area contributed by atoms with Crippen LogP contribution in [0.1, 0.15) is 27.3 Å². The van der Waals surface area contributed by atoms with Gasteiger partial charge in [-0.1, -0.05) is 0 Å². The van der Waals surface area contributed by atoms with Crippen molar-refractivity contribution in [1.29, 1.82) is 0 Å². The number of halogens is 2. The molecule has 0 radical (unpaired) electrons. The van der Waals surface area contributed by atoms with Crippen LogP contribution in [-0.4, -0.2) is 48.7 Å². The van der Waals surface area contributed by atoms with Crippen molar-refractivity contribution in [2.45, 2.75) is 37.9 Å². The molecule has 2 aromatic heterocycles. The second-order valence-corrected chi connectivity index (χ2v) is 9.98. The van der Waals surface area contributed by atoms with Gasteiger partial charge in [0.1, 0.15) is 22.1 Å². The number of thiophene rings is 1. The van der Waals surface area contributed by atoms with E-state index in [1.165, 1.54) is 17.4 Å². The molecule has 172 valence electrons. The Morgan fingerprint density at radius 2 is 2.24 bits per heavy atom. The van der Waals surface area contributed by atoms with Gasteiger partial charge in [-0.15, -0.1) is 11.3 Å². The molecule has 33 heavy (non-hydrogen) atoms. The second-order valence-electron chi connectivity index (χ2n) is 8.98. The quantitative estimate of drug-likeness (QED) is 0.544. The van der Waals surface area contributed by atoms with Crippen molar-refractivity contribution in [3.8, 4) is 5.75 Å². The van der Waals surface area contributed by atoms with Gasteiger partial charge in [-0.2, -0.15) is 0 Å². The molecule has 2 fully saturated rings. The highest BCUT2D eigenvalue weighted by molar-refractivity contribution is 7.21. The largest absolute Gasteiger partial charge is 0.488 e. The fourth-order valence-corrected chi connectivity index (χ4v) is 6.17. The molecular formula is C23H23F2N5O2S. The summed E-state index contributed by atoms with van der Waals surface area (Å²) in [6.45, 7) is 3.35. The number of amides is 1. The van der Waals surface area contributed by atoms with E-state index in [0.29, 0.717) is 28.0 Å². The summed E-state index contributed by atoms with van der Waals surface area (Å²) in [7, 11) is 0. The van der Waals surface area contributed by atoms with Gasteiger partial charge in [0.2, 0.25) is 0 Å². The van der Waals surface area contributed by atoms with E-state index >= 15 is 8.78 Å². The highest BCUT2D eigenvalue weighted by atomic mass is 32.1. The summed E-state index contributed by atoms with van der Waals surface area (Å²) in [6, 6.07) is 4.93. The minimum atomic E-state index is -0.529. The number of piperazine rings is 1. The number of aromatic nitrogens is 1. The van der Waals surface area contributed by atoms with Crippen LogP contribution in [0, 0.1) is 18.6 Å². The zero-order valence-electron chi connectivity index (χ0n) is 18.0. The Morgan fingerprint density at radius 3 is 3.00 bits per heavy atom. The van der Waals surface area contributed by atoms with Crippen molar-refractivity contribution >= 4 is 38.8 Å². The Labute approximate surface area is 192 Å². The van der Waals surface area contributed by atoms with Crippen LogP contribution in [-0.2, 0) is 6.42 Å². The number of hydrogen-bond acceptors (Lipinski definition) is 7. The third-order valence-electron chi connectivity index (χ3n) is 6.77. The standard InChI is InChI=1S/C23H23F2N5O2S/c1-10-2-3-14-19(26)21(33-23(14)28-10)22(31)29-12-5-15-16(24)6-17(18(25)20(15)32-9-12)30-8-11-4-13(30)7-27-11/h2-3,6,11-13,27H,4-5,7-9,26H2,1H3,(H,29,31)/t11-,12-,13-/m1/s1. The number of benzene rings is 1. The Balaban J connectivity index is 1.23. The first-order valence-electron chi connectivity index (χ1n) is 11.0. The number of nitrogens with zero attached hydrogens (tertiary/aromatic N) is 2. The van der Waals surface area contributed by atoms with E-state index in [9.17, 15) is 4.79 Å². The molecule has 4 N–H and O–H groups in total. The second kappa shape index (κ2) is 7.53. The number of carbonyl (C=O) groups excluding carboxylic acids is 1. The molecule has 3 aliphatic rings. The summed E-state index contributed by atoms with van der Waals surface area (Å²) in [6.07, 6.45) is 1.07. The first-order chi connectivity index (χ1) is 15.9. The number of rotatable bonds is 3. The number of anilines is 2. The average molecular weight is 472 g/mol. The van der Waals surface area contributed by atoms with Crippen molar-refractivity contribution < 1.29 is 18.3 Å². The number of ether oxygens (including phenoxy) is 1. The van der Waals surface area contributed by atoms with Gasteiger partial charge in [-0.3, -0.25) is 4.79 Å². The molecule has 0 spiro atoms. The number of pyridine rings is 1. The maximum Gasteiger partial charge on any atom is 0.263 e. The SMILES string of the molecule is Cc1ccc2c(N)c(C(=O)N[C@H]3COc4c(F)c(N5C[C@H]6C[C@@H]5CN6)cc(F)c4C3)sc2n1. The summed E-state index contributed by atoms with van der Waals surface area (Å²) >= 11 is 1.21. The Hall–Kier alpha value is -2.98. The summed E-state index contributed by atoms with van der Waals surface area (Å²) in [5.74, 6) is -1.47. The van der Waals surface area contributed by atoms with Gasteiger partial charge < -0.3 is 26.0 Å². The highest BCUT2D eigenvalue weighted by Crippen LogP contribution is 2.40. The van der Waals surface area contributed by atoms with E-state index in [1.54, 1.807) is 0 Å². The lowest BCUT2D eigenvalue weighted by Gasteiger charge is -2.32. The van der Waals surface area contributed by atoms with Crippen LogP contribution in [0.25, 0.3) is 10.2 Å². The molecule has 2 saturated heterocycles. The predicted molar refractivity (Wildman–Crippen MR) is 123 cm³/mol. The van der Waals surface area contributed by atoms with E-state index in [0.717, 1.165) is 24.0 Å². The number of fused-ring (bicyclic) bond motifs is 4. The Kier molecular flexibility index (Phi) is 4.70. The summed E-state index contributed by atoms with van der Waals surface area (Å²) in [5.41, 5.74) is 7.79. The van der Waals surface area contributed by atoms with Crippen LogP contribution >= 0.6 is 11.3 Å². The zero-order chi connectivity index (χ0) is 22.9. The Bertz CT molecular complexity index is 1300. The predicted octanol–water partition coefficient (Wildman–Crippen LogP) is 2.75. The summed E-state index contributed by atoms with van der Waals surface area (Å²) in [5, 5.41) is 6.95. The van der Waals surface area contributed by atoms with Gasteiger partial charge in [0, 0.05) is 54.3 Å². The molecule has 6 rings (SSSR count). The van der Waals surface area contributed by atoms with E-state index in [1.807, 2.05) is 24.0 Å². The lowest BCUT2D eigenvalue weighted by molar-refractivity contribution is 0.0918. The zero-order valence-corrected chi connectivity index (χ0v) is 18.8. The maximum absolute atomic E-state index is 15.3. The van der Waals surface area contributed by atoms with Crippen LogP contribution < -0.4 is 26.0 Å². The van der Waals surface area contributed by atoms with Gasteiger partial charge in [0.15, 0.2) is 11.6 Å². The number of nitrogens with two attached hydrogens (primary N) is 1. The highest BCUT2D eigenvalue weighted by Gasteiger charge is 2.40. The van der Waals surface area contributed by atoms with E-state index in [4.69, 9.17) is 10.5 Å². The molecule has 0 saturated carbocycles. The topological polar surface area (TPSA) is 92.5 Å². The smallest absolute Gasteiger partial charge is 0.263 e. The van der Waals surface area contributed by atoms with Crippen LogP contribution in [0.3, 0.4) is 0 Å². The molecule has 0 unspecified atom stereocenters. The van der Waals surface area contributed by atoms with Crippen molar-refractivity contribution in [2.75, 3.05) is 30.3 Å². The number of carbonyl (C=O) groups is 1. The molecule has 3 aliphatic heterocycles. The maximum atomic E-state index is 15.3. The lowest BCUT2D eigenvalue weighted by atomic mass is 10.00. The van der Waals surface area contributed by atoms with E-state index in [2.05, 4.69) is 15.6 Å². The first kappa shape index (κ1) is 20.6. The third kappa shape index (κ3) is 3.31. The van der Waals surface area contributed by atoms with Gasteiger partial charge in [-0.05, 0) is 25.5 Å². The molecular weight excluding hydrogens is 448 g/mol. The monoisotopic (exact) mass is 471 g/mol. The van der Waals surface area contributed by atoms with Gasteiger partial charge in [0.05, 0.1) is 17.4 Å². The van der Waals surface area contributed by atoms with Gasteiger partial charge in [0.25, 0.3) is 5.91 Å². The molecule has 5 heterocycles. The van der Waals surface area contributed by atoms with Crippen LogP contribution in [0.2, 0.25) is 0 Å². The van der Waals surface area contributed by atoms with Crippen LogP contribution in [0.5, 0.6) is 5.75 Å². The molecule has 2 bridgehead atoms. The number of hydrogen-bond donors (Lipinski definition) is 3. The third-order valence-corrected chi connectivity index (χ3v) is 7.88. The van der Waals surface area contributed by atoms with Gasteiger partial charge >= 0.3 is 0 Å². The minimum absolute atomic E-state index is 0.0488. The molecule has 1 amide bonds. The number of nitrogens with one attached hydrogen (secondary N) is 2. The number of aryl methyl sites for hydroxylation is 1. The normalized spacial score (nSPS) is 23.6. The van der Waals surface area contributed by atoms with E-state index in [-0.39, 0.29) is 42.0 Å². The van der Waals surface area contributed by atoms with Crippen molar-refractivity contribution in [2.24, 2.45) is 0 Å². The molecule has 1 aromatic carbocycles. The molecule has 3 aromatic rings. The van der Waals surface area contributed by atoms with Gasteiger partial charge in [-0.25, -0.2) is 13.8 Å². The fraction of sp³-hybridized carbons (Fsp3) is 0.391. The molecule has 10 heteroatoms. The minimum Gasteiger partial charge on any atom is -0.488 e. The van der Waals surface area contributed by atoms with Crippen molar-refractivity contribution in [1.82, 2.24) is 15.6 Å². The first-order valence-corrected chi connectivity index (χ1v) is 11.8. The van der Waals surface area contributed by atoms with Crippen molar-refractivity contribution in [3.05, 3.63) is 46.0 Å². The van der Waals surface area contributed by atoms with Crippen molar-refractivity contribution in [3.63, 3.8) is 0 Å². The Morgan fingerprint density at radius 1 is 1.39 bits per heavy atom. The molecule has 7 nitrogen and oxygen atoms in total. The lowest BCUT2D eigenvalue weighted by Crippen LogP contribution is -2.45. The fourth-order valence-electron chi connectivity index (χ4n) is 5.12. The molecule has 0 aliphatic carbocycles. The van der Waals surface area contributed by atoms with Crippen LogP contribution in [0.15, 0.2) is 18.2 Å². The average Bonchev–Trinajstić information content (AvgIpc) is 3.51. The van der Waals surface area contributed by atoms with E-state index < -0.39 is 17.7 Å². The number of nitrogen functional groups attached to an aromatic ring is 1. The van der Waals surface area contributed by atoms with Crippen LogP contribution in [0.4, 0.5) is 20.2 Å².